The van der Waals surface area contributed by atoms with Crippen LogP contribution in [0, 0.1) is 0 Å². The smallest absolute Gasteiger partial charge is 0.350 e. The van der Waals surface area contributed by atoms with Gasteiger partial charge in [0.2, 0.25) is 11.8 Å². The van der Waals surface area contributed by atoms with Crippen LogP contribution >= 0.6 is 0 Å². The number of pyridine rings is 1. The molecule has 30 heavy (non-hydrogen) atoms. The van der Waals surface area contributed by atoms with Gasteiger partial charge in [0.1, 0.15) is 12.4 Å². The van der Waals surface area contributed by atoms with E-state index >= 15 is 0 Å². The van der Waals surface area contributed by atoms with Crippen molar-refractivity contribution in [3.63, 3.8) is 0 Å². The molecular weight excluding hydrogens is 386 g/mol. The normalized spacial score (nSPS) is 13.0. The Morgan fingerprint density at radius 1 is 1.10 bits per heavy atom. The van der Waals surface area contributed by atoms with E-state index in [9.17, 15) is 14.4 Å². The number of benzene rings is 1. The predicted molar refractivity (Wildman–Crippen MR) is 111 cm³/mol. The highest BCUT2D eigenvalue weighted by atomic mass is 16.5. The second-order valence-corrected chi connectivity index (χ2v) is 7.00. The minimum atomic E-state index is -0.201. The van der Waals surface area contributed by atoms with Gasteiger partial charge in [0.05, 0.1) is 12.2 Å². The molecule has 1 aromatic carbocycles. The van der Waals surface area contributed by atoms with E-state index in [2.05, 4.69) is 10.4 Å². The number of nitrogens with one attached hydrogen (secondary N) is 1. The second-order valence-electron chi connectivity index (χ2n) is 7.00. The summed E-state index contributed by atoms with van der Waals surface area (Å²) in [4.78, 5) is 38.5. The summed E-state index contributed by atoms with van der Waals surface area (Å²) >= 11 is 0. The van der Waals surface area contributed by atoms with Crippen molar-refractivity contribution in [3.8, 4) is 5.75 Å². The maximum atomic E-state index is 12.5. The van der Waals surface area contributed by atoms with Crippen molar-refractivity contribution in [2.24, 2.45) is 0 Å². The van der Waals surface area contributed by atoms with Crippen molar-refractivity contribution in [3.05, 3.63) is 59.1 Å². The first-order valence-electron chi connectivity index (χ1n) is 9.96. The van der Waals surface area contributed by atoms with Crippen LogP contribution in [0.1, 0.15) is 19.3 Å². The van der Waals surface area contributed by atoms with Gasteiger partial charge in [-0.05, 0) is 30.7 Å². The Kier molecular flexibility index (Phi) is 5.78. The average Bonchev–Trinajstić information content (AvgIpc) is 3.10. The molecule has 9 nitrogen and oxygen atoms in total. The lowest BCUT2D eigenvalue weighted by Crippen LogP contribution is -2.38. The molecule has 0 unspecified atom stereocenters. The molecule has 1 N–H and O–H groups in total. The predicted octanol–water partition coefficient (Wildman–Crippen LogP) is 1.21. The number of carbonyl (C=O) groups excluding carboxylic acids is 2. The van der Waals surface area contributed by atoms with Crippen molar-refractivity contribution in [2.45, 2.75) is 25.8 Å². The molecule has 1 aliphatic heterocycles. The number of hydrogen-bond acceptors (Lipinski definition) is 5. The van der Waals surface area contributed by atoms with Gasteiger partial charge in [0.25, 0.3) is 0 Å². The van der Waals surface area contributed by atoms with Crippen LogP contribution in [0.3, 0.4) is 0 Å². The zero-order valence-corrected chi connectivity index (χ0v) is 16.5. The van der Waals surface area contributed by atoms with Crippen LogP contribution < -0.4 is 20.6 Å². The van der Waals surface area contributed by atoms with E-state index in [0.29, 0.717) is 44.1 Å². The number of aromatic nitrogens is 3. The standard InChI is InChI=1S/C21H23N5O4/c27-19(9-10-20(28)24-14-15-30-17-7-2-1-6-16(17)24)22-11-5-13-26-21(29)25-12-4-3-8-18(25)23-26/h1-4,6-8,12H,5,9-11,13-15H2,(H,22,27). The largest absolute Gasteiger partial charge is 0.490 e. The third kappa shape index (κ3) is 4.19. The molecule has 0 radical (unpaired) electrons. The summed E-state index contributed by atoms with van der Waals surface area (Å²) in [5.74, 6) is 0.396. The molecule has 0 atom stereocenters. The fraction of sp³-hybridized carbons (Fsp3) is 0.333. The molecule has 0 spiro atoms. The van der Waals surface area contributed by atoms with E-state index in [-0.39, 0.29) is 30.3 Å². The Hall–Kier alpha value is -3.62. The number of ether oxygens (including phenoxy) is 1. The average molecular weight is 409 g/mol. The number of nitrogens with zero attached hydrogens (tertiary/aromatic N) is 4. The Morgan fingerprint density at radius 2 is 1.93 bits per heavy atom. The summed E-state index contributed by atoms with van der Waals surface area (Å²) in [5.41, 5.74) is 1.13. The van der Waals surface area contributed by atoms with E-state index in [1.165, 1.54) is 9.08 Å². The van der Waals surface area contributed by atoms with Crippen LogP contribution in [-0.2, 0) is 16.1 Å². The fourth-order valence-corrected chi connectivity index (χ4v) is 3.44. The summed E-state index contributed by atoms with van der Waals surface area (Å²) < 4.78 is 8.42. The van der Waals surface area contributed by atoms with Gasteiger partial charge in [0.15, 0.2) is 5.65 Å². The van der Waals surface area contributed by atoms with Crippen molar-refractivity contribution < 1.29 is 14.3 Å². The molecule has 9 heteroatoms. The van der Waals surface area contributed by atoms with Gasteiger partial charge in [0, 0.05) is 32.1 Å². The van der Waals surface area contributed by atoms with Crippen LogP contribution in [0.15, 0.2) is 53.5 Å². The lowest BCUT2D eigenvalue weighted by atomic mass is 10.2. The Labute approximate surface area is 172 Å². The number of amides is 2. The van der Waals surface area contributed by atoms with Gasteiger partial charge < -0.3 is 15.0 Å². The van der Waals surface area contributed by atoms with Crippen molar-refractivity contribution in [1.29, 1.82) is 0 Å². The third-order valence-electron chi connectivity index (χ3n) is 4.95. The van der Waals surface area contributed by atoms with Crippen molar-refractivity contribution in [1.82, 2.24) is 19.5 Å². The number of fused-ring (bicyclic) bond motifs is 2. The lowest BCUT2D eigenvalue weighted by molar-refractivity contribution is -0.125. The minimum absolute atomic E-state index is 0.0999. The molecule has 2 aromatic heterocycles. The first kappa shape index (κ1) is 19.7. The Morgan fingerprint density at radius 3 is 2.80 bits per heavy atom. The van der Waals surface area contributed by atoms with Crippen LogP contribution in [0.2, 0.25) is 0 Å². The van der Waals surface area contributed by atoms with Crippen molar-refractivity contribution >= 4 is 23.1 Å². The molecule has 0 bridgehead atoms. The summed E-state index contributed by atoms with van der Waals surface area (Å²) in [6.45, 7) is 1.74. The van der Waals surface area contributed by atoms with Gasteiger partial charge in [-0.2, -0.15) is 0 Å². The highest BCUT2D eigenvalue weighted by molar-refractivity contribution is 5.97. The topological polar surface area (TPSA) is 97.9 Å². The van der Waals surface area contributed by atoms with E-state index < -0.39 is 0 Å². The summed E-state index contributed by atoms with van der Waals surface area (Å²) in [6, 6.07) is 12.8. The van der Waals surface area contributed by atoms with Crippen LogP contribution in [0.4, 0.5) is 5.69 Å². The monoisotopic (exact) mass is 409 g/mol. The van der Waals surface area contributed by atoms with E-state index in [0.717, 1.165) is 5.69 Å². The number of anilines is 1. The molecule has 0 saturated carbocycles. The number of aryl methyl sites for hydroxylation is 1. The van der Waals surface area contributed by atoms with Gasteiger partial charge in [-0.25, -0.2) is 9.48 Å². The highest BCUT2D eigenvalue weighted by Gasteiger charge is 2.23. The quantitative estimate of drug-likeness (QED) is 0.592. The maximum absolute atomic E-state index is 12.5. The number of rotatable bonds is 7. The fourth-order valence-electron chi connectivity index (χ4n) is 3.44. The molecule has 0 fully saturated rings. The van der Waals surface area contributed by atoms with Gasteiger partial charge >= 0.3 is 5.69 Å². The van der Waals surface area contributed by atoms with Gasteiger partial charge in [-0.1, -0.05) is 18.2 Å². The molecule has 0 aliphatic carbocycles. The van der Waals surface area contributed by atoms with E-state index in [1.807, 2.05) is 30.3 Å². The van der Waals surface area contributed by atoms with Gasteiger partial charge in [-0.15, -0.1) is 5.10 Å². The number of hydrogen-bond donors (Lipinski definition) is 1. The van der Waals surface area contributed by atoms with Gasteiger partial charge in [-0.3, -0.25) is 14.0 Å². The molecule has 3 heterocycles. The zero-order chi connectivity index (χ0) is 20.9. The van der Waals surface area contributed by atoms with Crippen LogP contribution in [0.25, 0.3) is 5.65 Å². The van der Waals surface area contributed by atoms with Crippen LogP contribution in [-0.4, -0.2) is 45.7 Å². The SMILES string of the molecule is O=C(CCC(=O)N1CCOc2ccccc21)NCCCn1nc2ccccn2c1=O. The summed E-state index contributed by atoms with van der Waals surface area (Å²) in [7, 11) is 0. The molecule has 3 aromatic rings. The molecule has 2 amide bonds. The van der Waals surface area contributed by atoms with Crippen molar-refractivity contribution in [2.75, 3.05) is 24.6 Å². The molecule has 156 valence electrons. The van der Waals surface area contributed by atoms with Crippen LogP contribution in [0.5, 0.6) is 5.75 Å². The molecule has 0 saturated heterocycles. The first-order valence-corrected chi connectivity index (χ1v) is 9.96. The number of carbonyl (C=O) groups is 2. The molecule has 4 rings (SSSR count). The summed E-state index contributed by atoms with van der Waals surface area (Å²) in [6.07, 6.45) is 2.49. The van der Waals surface area contributed by atoms with E-state index in [1.54, 1.807) is 23.2 Å². The summed E-state index contributed by atoms with van der Waals surface area (Å²) in [5, 5.41) is 7.05. The Bertz CT molecular complexity index is 1120. The van der Waals surface area contributed by atoms with E-state index in [4.69, 9.17) is 4.74 Å². The number of para-hydroxylation sites is 2. The first-order chi connectivity index (χ1) is 14.6. The second kappa shape index (κ2) is 8.81. The third-order valence-corrected chi connectivity index (χ3v) is 4.95. The highest BCUT2D eigenvalue weighted by Crippen LogP contribution is 2.31. The maximum Gasteiger partial charge on any atom is 0.350 e. The zero-order valence-electron chi connectivity index (χ0n) is 16.5. The molecular formula is C21H23N5O4. The minimum Gasteiger partial charge on any atom is -0.490 e. The Balaban J connectivity index is 1.21. The molecule has 1 aliphatic rings. The lowest BCUT2D eigenvalue weighted by Gasteiger charge is -2.29.